The first kappa shape index (κ1) is 14.8. The van der Waals surface area contributed by atoms with Gasteiger partial charge in [-0.1, -0.05) is 28.1 Å². The lowest BCUT2D eigenvalue weighted by atomic mass is 10.1. The number of benzene rings is 1. The van der Waals surface area contributed by atoms with Gasteiger partial charge in [-0.15, -0.1) is 0 Å². The van der Waals surface area contributed by atoms with Crippen molar-refractivity contribution in [3.63, 3.8) is 0 Å². The first-order valence-corrected chi connectivity index (χ1v) is 8.27. The molecule has 0 radical (unpaired) electrons. The maximum absolute atomic E-state index is 6.00. The van der Waals surface area contributed by atoms with Gasteiger partial charge in [0.05, 0.1) is 6.54 Å². The highest BCUT2D eigenvalue weighted by atomic mass is 79.9. The minimum Gasteiger partial charge on any atom is -0.460 e. The zero-order valence-electron chi connectivity index (χ0n) is 12.3. The molecular formula is C17H21BrN2O. The maximum Gasteiger partial charge on any atom is 0.134 e. The number of furan rings is 1. The third kappa shape index (κ3) is 3.76. The van der Waals surface area contributed by atoms with E-state index in [0.717, 1.165) is 41.2 Å². The van der Waals surface area contributed by atoms with Crippen LogP contribution >= 0.6 is 15.9 Å². The molecular weight excluding hydrogens is 328 g/mol. The Morgan fingerprint density at radius 3 is 2.57 bits per heavy atom. The Balaban J connectivity index is 1.65. The summed E-state index contributed by atoms with van der Waals surface area (Å²) in [4.78, 5) is 2.41. The first-order chi connectivity index (χ1) is 10.2. The van der Waals surface area contributed by atoms with Gasteiger partial charge in [0, 0.05) is 16.1 Å². The third-order valence-electron chi connectivity index (χ3n) is 4.13. The first-order valence-electron chi connectivity index (χ1n) is 7.48. The summed E-state index contributed by atoms with van der Waals surface area (Å²) in [7, 11) is 2.19. The fourth-order valence-electron chi connectivity index (χ4n) is 2.85. The number of piperidine rings is 1. The number of nitrogens with one attached hydrogen (secondary N) is 1. The molecule has 1 aromatic heterocycles. The molecule has 1 saturated heterocycles. The summed E-state index contributed by atoms with van der Waals surface area (Å²) in [6.45, 7) is 3.12. The predicted octanol–water partition coefficient (Wildman–Crippen LogP) is 3.89. The summed E-state index contributed by atoms with van der Waals surface area (Å²) in [5, 5.41) is 3.41. The van der Waals surface area contributed by atoms with Gasteiger partial charge in [-0.2, -0.15) is 0 Å². The molecule has 1 aliphatic heterocycles. The van der Waals surface area contributed by atoms with Crippen LogP contribution in [0.5, 0.6) is 0 Å². The second-order valence-corrected chi connectivity index (χ2v) is 6.58. The van der Waals surface area contributed by atoms with Crippen molar-refractivity contribution in [1.29, 1.82) is 0 Å². The molecule has 1 N–H and O–H groups in total. The van der Waals surface area contributed by atoms with Crippen LogP contribution in [0.3, 0.4) is 0 Å². The van der Waals surface area contributed by atoms with Crippen molar-refractivity contribution in [1.82, 2.24) is 10.2 Å². The molecule has 2 heterocycles. The highest BCUT2D eigenvalue weighted by Crippen LogP contribution is 2.25. The van der Waals surface area contributed by atoms with E-state index >= 15 is 0 Å². The van der Waals surface area contributed by atoms with Crippen LogP contribution in [0.25, 0.3) is 11.3 Å². The molecule has 21 heavy (non-hydrogen) atoms. The van der Waals surface area contributed by atoms with Gasteiger partial charge in [0.1, 0.15) is 11.5 Å². The zero-order valence-corrected chi connectivity index (χ0v) is 13.9. The monoisotopic (exact) mass is 348 g/mol. The van der Waals surface area contributed by atoms with E-state index in [1.54, 1.807) is 0 Å². The molecule has 3 nitrogen and oxygen atoms in total. The molecule has 1 fully saturated rings. The summed E-state index contributed by atoms with van der Waals surface area (Å²) < 4.78 is 7.09. The smallest absolute Gasteiger partial charge is 0.134 e. The maximum atomic E-state index is 6.00. The van der Waals surface area contributed by atoms with Crippen LogP contribution in [0.1, 0.15) is 18.6 Å². The molecule has 0 amide bonds. The topological polar surface area (TPSA) is 28.4 Å². The largest absolute Gasteiger partial charge is 0.460 e. The van der Waals surface area contributed by atoms with E-state index in [2.05, 4.69) is 57.5 Å². The van der Waals surface area contributed by atoms with E-state index in [1.807, 2.05) is 12.1 Å². The minimum absolute atomic E-state index is 0.660. The van der Waals surface area contributed by atoms with E-state index in [1.165, 1.54) is 12.8 Å². The molecule has 0 atom stereocenters. The highest BCUT2D eigenvalue weighted by molar-refractivity contribution is 9.10. The van der Waals surface area contributed by atoms with Crippen molar-refractivity contribution in [3.05, 3.63) is 46.6 Å². The van der Waals surface area contributed by atoms with Crippen LogP contribution in [0.2, 0.25) is 0 Å². The van der Waals surface area contributed by atoms with Crippen molar-refractivity contribution in [2.75, 3.05) is 20.1 Å². The lowest BCUT2D eigenvalue weighted by molar-refractivity contribution is 0.180. The Morgan fingerprint density at radius 1 is 1.14 bits per heavy atom. The molecule has 3 rings (SSSR count). The molecule has 0 bridgehead atoms. The number of halogens is 1. The Bertz CT molecular complexity index is 573. The van der Waals surface area contributed by atoms with Crippen LogP contribution in [0.15, 0.2) is 45.3 Å². The van der Waals surface area contributed by atoms with Crippen molar-refractivity contribution >= 4 is 15.9 Å². The minimum atomic E-state index is 0.660. The molecule has 1 aromatic carbocycles. The molecule has 2 aromatic rings. The average molecular weight is 349 g/mol. The lowest BCUT2D eigenvalue weighted by Crippen LogP contribution is -2.40. The molecule has 4 heteroatoms. The standard InChI is InChI=1S/C17H21BrN2O/c1-20(15-8-10-19-11-9-15)12-16-6-7-17(21-16)13-2-4-14(18)5-3-13/h2-7,15,19H,8-12H2,1H3. The van der Waals surface area contributed by atoms with Gasteiger partial charge in [0.15, 0.2) is 0 Å². The van der Waals surface area contributed by atoms with Gasteiger partial charge in [-0.05, 0) is 57.2 Å². The van der Waals surface area contributed by atoms with Crippen LogP contribution in [-0.4, -0.2) is 31.1 Å². The van der Waals surface area contributed by atoms with Crippen molar-refractivity contribution in [2.45, 2.75) is 25.4 Å². The summed E-state index contributed by atoms with van der Waals surface area (Å²) in [6, 6.07) is 13.0. The van der Waals surface area contributed by atoms with Gasteiger partial charge < -0.3 is 9.73 Å². The Labute approximate surface area is 134 Å². The van der Waals surface area contributed by atoms with Crippen LogP contribution in [-0.2, 0) is 6.54 Å². The fraction of sp³-hybridized carbons (Fsp3) is 0.412. The Kier molecular flexibility index (Phi) is 4.78. The summed E-state index contributed by atoms with van der Waals surface area (Å²) in [5.41, 5.74) is 1.12. The Hall–Kier alpha value is -1.10. The Morgan fingerprint density at radius 2 is 1.86 bits per heavy atom. The number of hydrogen-bond acceptors (Lipinski definition) is 3. The van der Waals surface area contributed by atoms with Crippen LogP contribution in [0, 0.1) is 0 Å². The van der Waals surface area contributed by atoms with Gasteiger partial charge in [0.2, 0.25) is 0 Å². The van der Waals surface area contributed by atoms with Crippen molar-refractivity contribution in [2.24, 2.45) is 0 Å². The zero-order chi connectivity index (χ0) is 14.7. The van der Waals surface area contributed by atoms with E-state index < -0.39 is 0 Å². The SMILES string of the molecule is CN(Cc1ccc(-c2ccc(Br)cc2)o1)C1CCNCC1. The fourth-order valence-corrected chi connectivity index (χ4v) is 3.12. The number of rotatable bonds is 4. The highest BCUT2D eigenvalue weighted by Gasteiger charge is 2.18. The van der Waals surface area contributed by atoms with Gasteiger partial charge in [-0.25, -0.2) is 0 Å². The van der Waals surface area contributed by atoms with Crippen LogP contribution in [0.4, 0.5) is 0 Å². The lowest BCUT2D eigenvalue weighted by Gasteiger charge is -2.30. The van der Waals surface area contributed by atoms with Crippen LogP contribution < -0.4 is 5.32 Å². The van der Waals surface area contributed by atoms with Gasteiger partial charge >= 0.3 is 0 Å². The van der Waals surface area contributed by atoms with Crippen molar-refractivity contribution < 1.29 is 4.42 Å². The summed E-state index contributed by atoms with van der Waals surface area (Å²) in [6.07, 6.45) is 2.44. The van der Waals surface area contributed by atoms with E-state index in [9.17, 15) is 0 Å². The number of hydrogen-bond donors (Lipinski definition) is 1. The van der Waals surface area contributed by atoms with E-state index in [-0.39, 0.29) is 0 Å². The van der Waals surface area contributed by atoms with Gasteiger partial charge in [0.25, 0.3) is 0 Å². The quantitative estimate of drug-likeness (QED) is 0.908. The molecule has 0 saturated carbocycles. The van der Waals surface area contributed by atoms with E-state index in [0.29, 0.717) is 6.04 Å². The normalized spacial score (nSPS) is 16.5. The van der Waals surface area contributed by atoms with Crippen molar-refractivity contribution in [3.8, 4) is 11.3 Å². The molecule has 0 spiro atoms. The number of nitrogens with zero attached hydrogens (tertiary/aromatic N) is 1. The summed E-state index contributed by atoms with van der Waals surface area (Å²) in [5.74, 6) is 1.98. The van der Waals surface area contributed by atoms with Gasteiger partial charge in [-0.3, -0.25) is 4.90 Å². The summed E-state index contributed by atoms with van der Waals surface area (Å²) >= 11 is 3.46. The van der Waals surface area contributed by atoms with E-state index in [4.69, 9.17) is 4.42 Å². The second kappa shape index (κ2) is 6.77. The molecule has 1 aliphatic rings. The molecule has 0 aliphatic carbocycles. The molecule has 112 valence electrons. The molecule has 0 unspecified atom stereocenters. The third-order valence-corrected chi connectivity index (χ3v) is 4.66. The average Bonchev–Trinajstić information content (AvgIpc) is 2.97. The second-order valence-electron chi connectivity index (χ2n) is 5.67. The predicted molar refractivity (Wildman–Crippen MR) is 89.2 cm³/mol.